The molecular formula is C12H10ClFO3. The SMILES string of the molecule is COCOc1cc(O)c2c(F)c(Cl)ccc2c1. The molecule has 5 heteroatoms. The summed E-state index contributed by atoms with van der Waals surface area (Å²) in [6.07, 6.45) is 0. The summed E-state index contributed by atoms with van der Waals surface area (Å²) in [4.78, 5) is 0. The van der Waals surface area contributed by atoms with E-state index in [9.17, 15) is 9.50 Å². The molecule has 17 heavy (non-hydrogen) atoms. The molecule has 0 heterocycles. The van der Waals surface area contributed by atoms with Gasteiger partial charge in [0, 0.05) is 13.2 Å². The predicted molar refractivity (Wildman–Crippen MR) is 63.1 cm³/mol. The molecule has 0 radical (unpaired) electrons. The molecule has 0 amide bonds. The number of phenolic OH excluding ortho intramolecular Hbond substituents is 1. The highest BCUT2D eigenvalue weighted by atomic mass is 35.5. The Balaban J connectivity index is 2.56. The lowest BCUT2D eigenvalue weighted by atomic mass is 10.1. The molecule has 0 saturated heterocycles. The van der Waals surface area contributed by atoms with Crippen LogP contribution in [0.5, 0.6) is 11.5 Å². The fourth-order valence-electron chi connectivity index (χ4n) is 1.56. The van der Waals surface area contributed by atoms with Gasteiger partial charge in [-0.25, -0.2) is 4.39 Å². The van der Waals surface area contributed by atoms with Crippen molar-refractivity contribution in [3.8, 4) is 11.5 Å². The van der Waals surface area contributed by atoms with Crippen molar-refractivity contribution in [3.05, 3.63) is 35.1 Å². The number of hydrogen-bond donors (Lipinski definition) is 1. The number of fused-ring (bicyclic) bond motifs is 1. The molecule has 0 atom stereocenters. The number of ether oxygens (including phenoxy) is 2. The van der Waals surface area contributed by atoms with Crippen molar-refractivity contribution in [2.24, 2.45) is 0 Å². The van der Waals surface area contributed by atoms with E-state index in [2.05, 4.69) is 0 Å². The summed E-state index contributed by atoms with van der Waals surface area (Å²) in [5.41, 5.74) is 0. The molecule has 0 unspecified atom stereocenters. The Morgan fingerprint density at radius 2 is 2.12 bits per heavy atom. The summed E-state index contributed by atoms with van der Waals surface area (Å²) >= 11 is 5.65. The minimum absolute atomic E-state index is 0.0293. The maximum atomic E-state index is 13.7. The summed E-state index contributed by atoms with van der Waals surface area (Å²) in [6, 6.07) is 5.97. The van der Waals surface area contributed by atoms with Gasteiger partial charge in [-0.15, -0.1) is 0 Å². The highest BCUT2D eigenvalue weighted by Crippen LogP contribution is 2.34. The third-order valence-electron chi connectivity index (χ3n) is 2.30. The van der Waals surface area contributed by atoms with Crippen molar-refractivity contribution in [2.75, 3.05) is 13.9 Å². The van der Waals surface area contributed by atoms with Gasteiger partial charge in [0.15, 0.2) is 12.6 Å². The first-order chi connectivity index (χ1) is 8.13. The van der Waals surface area contributed by atoms with Gasteiger partial charge in [0.05, 0.1) is 10.4 Å². The number of halogens is 2. The molecule has 2 rings (SSSR count). The van der Waals surface area contributed by atoms with Gasteiger partial charge in [-0.1, -0.05) is 17.7 Å². The van der Waals surface area contributed by atoms with Crippen molar-refractivity contribution in [1.82, 2.24) is 0 Å². The largest absolute Gasteiger partial charge is 0.507 e. The molecule has 0 aromatic heterocycles. The molecule has 0 bridgehead atoms. The van der Waals surface area contributed by atoms with Gasteiger partial charge in [0.25, 0.3) is 0 Å². The van der Waals surface area contributed by atoms with Crippen LogP contribution in [0.15, 0.2) is 24.3 Å². The van der Waals surface area contributed by atoms with Gasteiger partial charge in [-0.3, -0.25) is 0 Å². The van der Waals surface area contributed by atoms with Gasteiger partial charge in [-0.05, 0) is 17.5 Å². The first-order valence-corrected chi connectivity index (χ1v) is 5.23. The first kappa shape index (κ1) is 12.0. The van der Waals surface area contributed by atoms with Gasteiger partial charge >= 0.3 is 0 Å². The lowest BCUT2D eigenvalue weighted by Crippen LogP contribution is -1.98. The van der Waals surface area contributed by atoms with Crippen molar-refractivity contribution in [3.63, 3.8) is 0 Å². The summed E-state index contributed by atoms with van der Waals surface area (Å²) in [6.45, 7) is 0.0566. The molecule has 90 valence electrons. The minimum atomic E-state index is -0.639. The zero-order valence-electron chi connectivity index (χ0n) is 9.04. The Kier molecular flexibility index (Phi) is 3.36. The lowest BCUT2D eigenvalue weighted by Gasteiger charge is -2.09. The Bertz CT molecular complexity index is 557. The van der Waals surface area contributed by atoms with Crippen LogP contribution in [0.1, 0.15) is 0 Å². The van der Waals surface area contributed by atoms with Crippen LogP contribution in [0.2, 0.25) is 5.02 Å². The van der Waals surface area contributed by atoms with Crippen molar-refractivity contribution >= 4 is 22.4 Å². The third-order valence-corrected chi connectivity index (χ3v) is 2.60. The zero-order valence-corrected chi connectivity index (χ0v) is 9.79. The van der Waals surface area contributed by atoms with E-state index in [0.717, 1.165) is 0 Å². The van der Waals surface area contributed by atoms with Gasteiger partial charge < -0.3 is 14.6 Å². The quantitative estimate of drug-likeness (QED) is 0.856. The average Bonchev–Trinajstić information content (AvgIpc) is 2.31. The van der Waals surface area contributed by atoms with E-state index >= 15 is 0 Å². The standard InChI is InChI=1S/C12H10ClFO3/c1-16-6-17-8-4-7-2-3-9(13)12(14)11(7)10(15)5-8/h2-5,15H,6H2,1H3. The van der Waals surface area contributed by atoms with Crippen molar-refractivity contribution in [1.29, 1.82) is 0 Å². The zero-order chi connectivity index (χ0) is 12.4. The Morgan fingerprint density at radius 3 is 2.82 bits per heavy atom. The van der Waals surface area contributed by atoms with Crippen LogP contribution in [0, 0.1) is 5.82 Å². The fraction of sp³-hybridized carbons (Fsp3) is 0.167. The van der Waals surface area contributed by atoms with Crippen LogP contribution in [0.25, 0.3) is 10.8 Å². The number of rotatable bonds is 3. The number of benzene rings is 2. The Morgan fingerprint density at radius 1 is 1.35 bits per heavy atom. The van der Waals surface area contributed by atoms with Crippen LogP contribution in [-0.2, 0) is 4.74 Å². The number of methoxy groups -OCH3 is 1. The molecule has 0 fully saturated rings. The van der Waals surface area contributed by atoms with Crippen LogP contribution >= 0.6 is 11.6 Å². The smallest absolute Gasteiger partial charge is 0.188 e. The molecule has 0 aliphatic carbocycles. The highest BCUT2D eigenvalue weighted by molar-refractivity contribution is 6.31. The molecule has 0 aliphatic rings. The Hall–Kier alpha value is -1.52. The van der Waals surface area contributed by atoms with E-state index in [-0.39, 0.29) is 23.0 Å². The van der Waals surface area contributed by atoms with E-state index in [0.29, 0.717) is 11.1 Å². The van der Waals surface area contributed by atoms with Crippen molar-refractivity contribution < 1.29 is 19.0 Å². The summed E-state index contributed by atoms with van der Waals surface area (Å²) < 4.78 is 23.6. The second-order valence-corrected chi connectivity index (χ2v) is 3.86. The molecule has 2 aromatic carbocycles. The predicted octanol–water partition coefficient (Wildman–Crippen LogP) is 3.32. The molecule has 0 saturated carbocycles. The van der Waals surface area contributed by atoms with Gasteiger partial charge in [-0.2, -0.15) is 0 Å². The number of aromatic hydroxyl groups is 1. The topological polar surface area (TPSA) is 38.7 Å². The monoisotopic (exact) mass is 256 g/mol. The maximum absolute atomic E-state index is 13.7. The van der Waals surface area contributed by atoms with E-state index in [4.69, 9.17) is 21.1 Å². The summed E-state index contributed by atoms with van der Waals surface area (Å²) in [5.74, 6) is -0.452. The van der Waals surface area contributed by atoms with Gasteiger partial charge in [0.2, 0.25) is 0 Å². The molecule has 3 nitrogen and oxygen atoms in total. The minimum Gasteiger partial charge on any atom is -0.507 e. The second-order valence-electron chi connectivity index (χ2n) is 3.45. The van der Waals surface area contributed by atoms with Crippen LogP contribution in [0.4, 0.5) is 4.39 Å². The third kappa shape index (κ3) is 2.28. The van der Waals surface area contributed by atoms with Crippen molar-refractivity contribution in [2.45, 2.75) is 0 Å². The lowest BCUT2D eigenvalue weighted by molar-refractivity contribution is 0.0511. The maximum Gasteiger partial charge on any atom is 0.188 e. The van der Waals surface area contributed by atoms with E-state index in [1.54, 1.807) is 12.1 Å². The van der Waals surface area contributed by atoms with Crippen LogP contribution < -0.4 is 4.74 Å². The normalized spacial score (nSPS) is 10.8. The Labute approximate surface area is 102 Å². The summed E-state index contributed by atoms with van der Waals surface area (Å²) in [7, 11) is 1.49. The first-order valence-electron chi connectivity index (χ1n) is 4.86. The fourth-order valence-corrected chi connectivity index (χ4v) is 1.72. The molecule has 1 N–H and O–H groups in total. The van der Waals surface area contributed by atoms with Crippen LogP contribution in [-0.4, -0.2) is 19.0 Å². The van der Waals surface area contributed by atoms with E-state index in [1.807, 2.05) is 0 Å². The van der Waals surface area contributed by atoms with E-state index < -0.39 is 5.82 Å². The van der Waals surface area contributed by atoms with Gasteiger partial charge in [0.1, 0.15) is 11.5 Å². The second kappa shape index (κ2) is 4.77. The number of phenols is 1. The highest BCUT2D eigenvalue weighted by Gasteiger charge is 2.11. The summed E-state index contributed by atoms with van der Waals surface area (Å²) in [5, 5.41) is 10.3. The van der Waals surface area contributed by atoms with Crippen LogP contribution in [0.3, 0.4) is 0 Å². The molecule has 0 spiro atoms. The van der Waals surface area contributed by atoms with E-state index in [1.165, 1.54) is 19.2 Å². The molecule has 2 aromatic rings. The molecule has 0 aliphatic heterocycles. The molecular weight excluding hydrogens is 247 g/mol. The average molecular weight is 257 g/mol. The number of hydrogen-bond acceptors (Lipinski definition) is 3.